The van der Waals surface area contributed by atoms with E-state index in [1.54, 1.807) is 23.1 Å². The van der Waals surface area contributed by atoms with Crippen LogP contribution < -0.4 is 15.0 Å². The molecule has 1 fully saturated rings. The van der Waals surface area contributed by atoms with Crippen molar-refractivity contribution < 1.29 is 19.1 Å². The Hall–Kier alpha value is -3.35. The molecule has 0 unspecified atom stereocenters. The van der Waals surface area contributed by atoms with Crippen LogP contribution in [0.15, 0.2) is 54.6 Å². The summed E-state index contributed by atoms with van der Waals surface area (Å²) in [5.41, 5.74) is 0.177. The lowest BCUT2D eigenvalue weighted by atomic mass is 9.84. The zero-order chi connectivity index (χ0) is 20.6. The van der Waals surface area contributed by atoms with Gasteiger partial charge >= 0.3 is 6.03 Å². The van der Waals surface area contributed by atoms with Gasteiger partial charge in [-0.25, -0.2) is 4.79 Å². The molecule has 0 saturated carbocycles. The predicted molar refractivity (Wildman–Crippen MR) is 108 cm³/mol. The van der Waals surface area contributed by atoms with Crippen molar-refractivity contribution in [3.05, 3.63) is 60.2 Å². The molecule has 2 aliphatic rings. The molecule has 0 bridgehead atoms. The van der Waals surface area contributed by atoms with Gasteiger partial charge in [-0.2, -0.15) is 0 Å². The van der Waals surface area contributed by atoms with E-state index >= 15 is 0 Å². The standard InChI is InChI=1S/C22H23N3O4/c1-15(2)25(16-8-4-3-5-9-16)19(26)14-24-20(27)22(23-21(24)28)12-13-29-18-11-7-6-10-17(18)22/h3-11,15H,12-14H2,1-2H3,(H,23,28)/t22-/m1/s1. The molecule has 2 aromatic carbocycles. The minimum atomic E-state index is -1.18. The number of fused-ring (bicyclic) bond motifs is 2. The van der Waals surface area contributed by atoms with Gasteiger partial charge in [0.05, 0.1) is 6.61 Å². The van der Waals surface area contributed by atoms with Crippen molar-refractivity contribution in [2.45, 2.75) is 31.8 Å². The molecule has 29 heavy (non-hydrogen) atoms. The van der Waals surface area contributed by atoms with E-state index in [2.05, 4.69) is 5.32 Å². The van der Waals surface area contributed by atoms with Crippen LogP contribution in [0.4, 0.5) is 10.5 Å². The summed E-state index contributed by atoms with van der Waals surface area (Å²) in [7, 11) is 0. The molecule has 1 saturated heterocycles. The number of urea groups is 1. The summed E-state index contributed by atoms with van der Waals surface area (Å²) < 4.78 is 5.64. The van der Waals surface area contributed by atoms with Gasteiger partial charge in [-0.05, 0) is 32.0 Å². The van der Waals surface area contributed by atoms with Gasteiger partial charge in [-0.1, -0.05) is 36.4 Å². The highest BCUT2D eigenvalue weighted by Gasteiger charge is 2.55. The van der Waals surface area contributed by atoms with Crippen molar-refractivity contribution in [1.29, 1.82) is 0 Å². The molecule has 2 aromatic rings. The van der Waals surface area contributed by atoms with Gasteiger partial charge < -0.3 is 15.0 Å². The normalized spacial score (nSPS) is 20.4. The van der Waals surface area contributed by atoms with E-state index in [9.17, 15) is 14.4 Å². The van der Waals surface area contributed by atoms with Crippen LogP contribution in [0.2, 0.25) is 0 Å². The number of benzene rings is 2. The molecule has 0 radical (unpaired) electrons. The number of carbonyl (C=O) groups excluding carboxylic acids is 3. The van der Waals surface area contributed by atoms with Gasteiger partial charge in [0.15, 0.2) is 5.54 Å². The number of hydrogen-bond donors (Lipinski definition) is 1. The minimum absolute atomic E-state index is 0.122. The second kappa shape index (κ2) is 7.24. The Morgan fingerprint density at radius 1 is 1.14 bits per heavy atom. The Morgan fingerprint density at radius 3 is 2.55 bits per heavy atom. The van der Waals surface area contributed by atoms with Gasteiger partial charge in [0.2, 0.25) is 5.91 Å². The van der Waals surface area contributed by atoms with Crippen LogP contribution in [-0.2, 0) is 15.1 Å². The summed E-state index contributed by atoms with van der Waals surface area (Å²) in [5.74, 6) is -0.149. The molecule has 0 aliphatic carbocycles. The summed E-state index contributed by atoms with van der Waals surface area (Å²) in [6.45, 7) is 3.79. The molecule has 1 atom stereocenters. The molecule has 0 aromatic heterocycles. The molecule has 150 valence electrons. The van der Waals surface area contributed by atoms with Gasteiger partial charge in [0.25, 0.3) is 5.91 Å². The third-order valence-corrected chi connectivity index (χ3v) is 5.37. The number of ether oxygens (including phenoxy) is 1. The first-order valence-corrected chi connectivity index (χ1v) is 9.67. The first-order chi connectivity index (χ1) is 13.9. The van der Waals surface area contributed by atoms with Crippen molar-refractivity contribution in [3.8, 4) is 5.75 Å². The molecule has 4 rings (SSSR count). The summed E-state index contributed by atoms with van der Waals surface area (Å²) in [6, 6.07) is 15.7. The maximum absolute atomic E-state index is 13.3. The molecular formula is C22H23N3O4. The number of carbonyl (C=O) groups is 3. The third kappa shape index (κ3) is 3.12. The number of amides is 4. The quantitative estimate of drug-likeness (QED) is 0.810. The first kappa shape index (κ1) is 19.0. The highest BCUT2D eigenvalue weighted by molar-refractivity contribution is 6.11. The molecule has 2 heterocycles. The minimum Gasteiger partial charge on any atom is -0.493 e. The number of para-hydroxylation sites is 2. The Kier molecular flexibility index (Phi) is 4.74. The predicted octanol–water partition coefficient (Wildman–Crippen LogP) is 2.66. The lowest BCUT2D eigenvalue weighted by molar-refractivity contribution is -0.135. The van der Waals surface area contributed by atoms with Crippen LogP contribution in [0.25, 0.3) is 0 Å². The van der Waals surface area contributed by atoms with E-state index in [0.29, 0.717) is 24.3 Å². The molecule has 2 aliphatic heterocycles. The van der Waals surface area contributed by atoms with Crippen LogP contribution in [0.5, 0.6) is 5.75 Å². The molecule has 7 heteroatoms. The van der Waals surface area contributed by atoms with Crippen molar-refractivity contribution in [3.63, 3.8) is 0 Å². The van der Waals surface area contributed by atoms with Crippen molar-refractivity contribution in [2.24, 2.45) is 0 Å². The number of nitrogens with one attached hydrogen (secondary N) is 1. The lowest BCUT2D eigenvalue weighted by Crippen LogP contribution is -2.49. The largest absolute Gasteiger partial charge is 0.493 e. The van der Waals surface area contributed by atoms with Crippen molar-refractivity contribution in [1.82, 2.24) is 10.2 Å². The highest BCUT2D eigenvalue weighted by atomic mass is 16.5. The Labute approximate surface area is 169 Å². The van der Waals surface area contributed by atoms with Crippen LogP contribution in [-0.4, -0.2) is 41.9 Å². The van der Waals surface area contributed by atoms with Crippen LogP contribution >= 0.6 is 0 Å². The zero-order valence-corrected chi connectivity index (χ0v) is 16.4. The number of hydrogen-bond acceptors (Lipinski definition) is 4. The Balaban J connectivity index is 1.62. The van der Waals surface area contributed by atoms with E-state index in [1.165, 1.54) is 0 Å². The fourth-order valence-electron chi connectivity index (χ4n) is 4.05. The summed E-state index contributed by atoms with van der Waals surface area (Å²) in [5, 5.41) is 2.83. The van der Waals surface area contributed by atoms with Gasteiger partial charge in [0, 0.05) is 23.7 Å². The SMILES string of the molecule is CC(C)N(C(=O)CN1C(=O)N[C@@]2(CCOc3ccccc32)C1=O)c1ccccc1. The smallest absolute Gasteiger partial charge is 0.325 e. The topological polar surface area (TPSA) is 79.0 Å². The first-order valence-electron chi connectivity index (χ1n) is 9.67. The molecule has 1 N–H and O–H groups in total. The third-order valence-electron chi connectivity index (χ3n) is 5.37. The molecule has 4 amide bonds. The second-order valence-corrected chi connectivity index (χ2v) is 7.51. The summed E-state index contributed by atoms with van der Waals surface area (Å²) >= 11 is 0. The maximum Gasteiger partial charge on any atom is 0.325 e. The van der Waals surface area contributed by atoms with Crippen LogP contribution in [0, 0.1) is 0 Å². The average Bonchev–Trinajstić information content (AvgIpc) is 2.94. The lowest BCUT2D eigenvalue weighted by Gasteiger charge is -2.33. The van der Waals surface area contributed by atoms with Crippen molar-refractivity contribution in [2.75, 3.05) is 18.1 Å². The van der Waals surface area contributed by atoms with Crippen LogP contribution in [0.1, 0.15) is 25.8 Å². The average molecular weight is 393 g/mol. The van der Waals surface area contributed by atoms with Crippen molar-refractivity contribution >= 4 is 23.5 Å². The number of nitrogens with zero attached hydrogens (tertiary/aromatic N) is 2. The summed E-state index contributed by atoms with van der Waals surface area (Å²) in [6.07, 6.45) is 0.325. The maximum atomic E-state index is 13.3. The highest BCUT2D eigenvalue weighted by Crippen LogP contribution is 2.41. The van der Waals surface area contributed by atoms with E-state index in [-0.39, 0.29) is 18.5 Å². The Morgan fingerprint density at radius 2 is 1.83 bits per heavy atom. The van der Waals surface area contributed by atoms with E-state index in [1.807, 2.05) is 50.2 Å². The fraction of sp³-hybridized carbons (Fsp3) is 0.318. The van der Waals surface area contributed by atoms with E-state index in [4.69, 9.17) is 4.74 Å². The fourth-order valence-corrected chi connectivity index (χ4v) is 4.05. The number of rotatable bonds is 4. The van der Waals surface area contributed by atoms with E-state index < -0.39 is 17.5 Å². The number of imide groups is 1. The molecular weight excluding hydrogens is 370 g/mol. The van der Waals surface area contributed by atoms with Gasteiger partial charge in [-0.3, -0.25) is 14.5 Å². The van der Waals surface area contributed by atoms with Gasteiger partial charge in [0.1, 0.15) is 12.3 Å². The monoisotopic (exact) mass is 393 g/mol. The molecule has 7 nitrogen and oxygen atoms in total. The molecule has 1 spiro atoms. The van der Waals surface area contributed by atoms with E-state index in [0.717, 1.165) is 10.6 Å². The number of anilines is 1. The van der Waals surface area contributed by atoms with Crippen LogP contribution in [0.3, 0.4) is 0 Å². The second-order valence-electron chi connectivity index (χ2n) is 7.51. The Bertz CT molecular complexity index is 960. The van der Waals surface area contributed by atoms with Gasteiger partial charge in [-0.15, -0.1) is 0 Å². The summed E-state index contributed by atoms with van der Waals surface area (Å²) in [4.78, 5) is 41.7. The zero-order valence-electron chi connectivity index (χ0n) is 16.4.